The van der Waals surface area contributed by atoms with Crippen molar-refractivity contribution >= 4 is 37.6 Å². The molecule has 0 radical (unpaired) electrons. The SMILES string of the molecule is Cn1ncc(Cl)c1S(=O)(=O)NC(C)(C)CCBr. The first-order valence-corrected chi connectivity index (χ1v) is 7.95. The molecule has 0 bridgehead atoms. The highest BCUT2D eigenvalue weighted by molar-refractivity contribution is 9.09. The molecule has 1 aromatic rings. The second kappa shape index (κ2) is 5.26. The molecule has 1 N–H and O–H groups in total. The van der Waals surface area contributed by atoms with E-state index in [1.807, 2.05) is 13.8 Å². The molecule has 0 aliphatic heterocycles. The number of alkyl halides is 1. The molecule has 0 fully saturated rings. The Kier molecular flexibility index (Phi) is 4.62. The van der Waals surface area contributed by atoms with E-state index in [-0.39, 0.29) is 10.0 Å². The fraction of sp³-hybridized carbons (Fsp3) is 0.667. The zero-order chi connectivity index (χ0) is 13.3. The third-order valence-corrected chi connectivity index (χ3v) is 4.83. The Labute approximate surface area is 115 Å². The maximum absolute atomic E-state index is 12.2. The van der Waals surface area contributed by atoms with Crippen LogP contribution in [-0.4, -0.2) is 29.1 Å². The number of hydrogen-bond donors (Lipinski definition) is 1. The van der Waals surface area contributed by atoms with Gasteiger partial charge in [-0.25, -0.2) is 13.1 Å². The van der Waals surface area contributed by atoms with Gasteiger partial charge in [-0.05, 0) is 20.3 Å². The largest absolute Gasteiger partial charge is 0.259 e. The van der Waals surface area contributed by atoms with Gasteiger partial charge in [-0.2, -0.15) is 5.10 Å². The van der Waals surface area contributed by atoms with E-state index in [2.05, 4.69) is 25.8 Å². The van der Waals surface area contributed by atoms with Gasteiger partial charge in [-0.3, -0.25) is 4.68 Å². The number of aryl methyl sites for hydroxylation is 1. The van der Waals surface area contributed by atoms with Crippen molar-refractivity contribution in [2.24, 2.45) is 7.05 Å². The first-order chi connectivity index (χ1) is 7.69. The summed E-state index contributed by atoms with van der Waals surface area (Å²) in [5, 5.41) is 4.63. The molecule has 0 saturated heterocycles. The van der Waals surface area contributed by atoms with Gasteiger partial charge in [0.15, 0.2) is 5.03 Å². The van der Waals surface area contributed by atoms with Crippen molar-refractivity contribution in [1.82, 2.24) is 14.5 Å². The average Bonchev–Trinajstić information content (AvgIpc) is 2.43. The summed E-state index contributed by atoms with van der Waals surface area (Å²) in [6.07, 6.45) is 1.98. The Bertz CT molecular complexity index is 479. The number of aromatic nitrogens is 2. The molecule has 0 spiro atoms. The molecule has 5 nitrogen and oxygen atoms in total. The quantitative estimate of drug-likeness (QED) is 0.830. The zero-order valence-corrected chi connectivity index (χ0v) is 13.0. The highest BCUT2D eigenvalue weighted by Gasteiger charge is 2.29. The van der Waals surface area contributed by atoms with Gasteiger partial charge in [-0.1, -0.05) is 27.5 Å². The normalized spacial score (nSPS) is 13.0. The molecular formula is C9H15BrClN3O2S. The molecule has 0 aliphatic rings. The lowest BCUT2D eigenvalue weighted by Crippen LogP contribution is -2.44. The summed E-state index contributed by atoms with van der Waals surface area (Å²) < 4.78 is 28.2. The van der Waals surface area contributed by atoms with Crippen molar-refractivity contribution in [3.63, 3.8) is 0 Å². The highest BCUT2D eigenvalue weighted by atomic mass is 79.9. The van der Waals surface area contributed by atoms with Gasteiger partial charge >= 0.3 is 0 Å². The third-order valence-electron chi connectivity index (χ3n) is 2.23. The minimum atomic E-state index is -3.66. The molecule has 0 atom stereocenters. The number of rotatable bonds is 5. The van der Waals surface area contributed by atoms with Crippen LogP contribution in [-0.2, 0) is 17.1 Å². The first-order valence-electron chi connectivity index (χ1n) is 4.97. The fourth-order valence-electron chi connectivity index (χ4n) is 1.40. The molecule has 98 valence electrons. The molecule has 1 heterocycles. The number of halogens is 2. The highest BCUT2D eigenvalue weighted by Crippen LogP contribution is 2.22. The second-order valence-electron chi connectivity index (χ2n) is 4.35. The molecule has 8 heteroatoms. The van der Waals surface area contributed by atoms with Crippen LogP contribution in [0, 0.1) is 0 Å². The molecule has 0 amide bonds. The minimum Gasteiger partial charge on any atom is -0.255 e. The van der Waals surface area contributed by atoms with E-state index in [1.54, 1.807) is 0 Å². The summed E-state index contributed by atoms with van der Waals surface area (Å²) in [7, 11) is -2.12. The Morgan fingerprint density at radius 1 is 1.59 bits per heavy atom. The molecule has 1 aromatic heterocycles. The van der Waals surface area contributed by atoms with Gasteiger partial charge in [0, 0.05) is 17.9 Å². The first kappa shape index (κ1) is 14.9. The summed E-state index contributed by atoms with van der Waals surface area (Å²) in [5.41, 5.74) is -0.546. The molecule has 0 unspecified atom stereocenters. The number of nitrogens with zero attached hydrogens (tertiary/aromatic N) is 2. The third kappa shape index (κ3) is 3.67. The molecule has 17 heavy (non-hydrogen) atoms. The Hall–Kier alpha value is -0.110. The minimum absolute atomic E-state index is 0.0122. The lowest BCUT2D eigenvalue weighted by molar-refractivity contribution is 0.440. The lowest BCUT2D eigenvalue weighted by Gasteiger charge is -2.24. The molecular weight excluding hydrogens is 330 g/mol. The Morgan fingerprint density at radius 2 is 2.18 bits per heavy atom. The van der Waals surface area contributed by atoms with Crippen LogP contribution in [0.25, 0.3) is 0 Å². The predicted molar refractivity (Wildman–Crippen MR) is 71.0 cm³/mol. The molecule has 0 saturated carbocycles. The lowest BCUT2D eigenvalue weighted by atomic mass is 10.0. The maximum Gasteiger partial charge on any atom is 0.259 e. The predicted octanol–water partition coefficient (Wildman–Crippen LogP) is 1.92. The van der Waals surface area contributed by atoms with Crippen molar-refractivity contribution in [3.05, 3.63) is 11.2 Å². The summed E-state index contributed by atoms with van der Waals surface area (Å²) in [4.78, 5) is 0. The summed E-state index contributed by atoms with van der Waals surface area (Å²) in [5.74, 6) is 0. The van der Waals surface area contributed by atoms with Crippen molar-refractivity contribution < 1.29 is 8.42 Å². The van der Waals surface area contributed by atoms with Gasteiger partial charge in [0.05, 0.1) is 11.2 Å². The van der Waals surface area contributed by atoms with Crippen molar-refractivity contribution in [2.75, 3.05) is 5.33 Å². The summed E-state index contributed by atoms with van der Waals surface area (Å²) in [6.45, 7) is 3.63. The van der Waals surface area contributed by atoms with Crippen LogP contribution < -0.4 is 4.72 Å². The van der Waals surface area contributed by atoms with Crippen LogP contribution in [0.15, 0.2) is 11.2 Å². The maximum atomic E-state index is 12.2. The monoisotopic (exact) mass is 343 g/mol. The van der Waals surface area contributed by atoms with Crippen LogP contribution in [0.5, 0.6) is 0 Å². The van der Waals surface area contributed by atoms with E-state index >= 15 is 0 Å². The van der Waals surface area contributed by atoms with E-state index in [0.29, 0.717) is 11.8 Å². The Morgan fingerprint density at radius 3 is 2.59 bits per heavy atom. The van der Waals surface area contributed by atoms with Gasteiger partial charge in [0.1, 0.15) is 0 Å². The van der Waals surface area contributed by atoms with E-state index in [9.17, 15) is 8.42 Å². The van der Waals surface area contributed by atoms with E-state index in [4.69, 9.17) is 11.6 Å². The smallest absolute Gasteiger partial charge is 0.255 e. The van der Waals surface area contributed by atoms with Crippen molar-refractivity contribution in [1.29, 1.82) is 0 Å². The Balaban J connectivity index is 3.06. The van der Waals surface area contributed by atoms with E-state index in [0.717, 1.165) is 0 Å². The topological polar surface area (TPSA) is 64.0 Å². The van der Waals surface area contributed by atoms with Gasteiger partial charge in [0.2, 0.25) is 0 Å². The van der Waals surface area contributed by atoms with Crippen molar-refractivity contribution in [3.8, 4) is 0 Å². The van der Waals surface area contributed by atoms with Gasteiger partial charge in [0.25, 0.3) is 10.0 Å². The van der Waals surface area contributed by atoms with Crippen LogP contribution in [0.3, 0.4) is 0 Å². The molecule has 0 aliphatic carbocycles. The van der Waals surface area contributed by atoms with Gasteiger partial charge in [-0.15, -0.1) is 0 Å². The standard InChI is InChI=1S/C9H15BrClN3O2S/c1-9(2,4-5-10)13-17(15,16)8-7(11)6-12-14(8)3/h6,13H,4-5H2,1-3H3. The fourth-order valence-corrected chi connectivity index (χ4v) is 4.49. The summed E-state index contributed by atoms with van der Waals surface area (Å²) in [6, 6.07) is 0. The van der Waals surface area contributed by atoms with Crippen LogP contribution in [0.4, 0.5) is 0 Å². The van der Waals surface area contributed by atoms with Crippen LogP contribution >= 0.6 is 27.5 Å². The van der Waals surface area contributed by atoms with Crippen LogP contribution in [0.2, 0.25) is 5.02 Å². The number of sulfonamides is 1. The summed E-state index contributed by atoms with van der Waals surface area (Å²) >= 11 is 9.12. The van der Waals surface area contributed by atoms with Gasteiger partial charge < -0.3 is 0 Å². The van der Waals surface area contributed by atoms with E-state index in [1.165, 1.54) is 17.9 Å². The zero-order valence-electron chi connectivity index (χ0n) is 9.87. The second-order valence-corrected chi connectivity index (χ2v) is 7.15. The number of hydrogen-bond acceptors (Lipinski definition) is 3. The molecule has 0 aromatic carbocycles. The van der Waals surface area contributed by atoms with Crippen LogP contribution in [0.1, 0.15) is 20.3 Å². The van der Waals surface area contributed by atoms with E-state index < -0.39 is 15.6 Å². The average molecular weight is 345 g/mol. The number of nitrogens with one attached hydrogen (secondary N) is 1. The molecule has 1 rings (SSSR count). The van der Waals surface area contributed by atoms with Crippen molar-refractivity contribution in [2.45, 2.75) is 30.8 Å².